The molecular weight excluding hydrogens is 239 g/mol. The summed E-state index contributed by atoms with van der Waals surface area (Å²) in [4.78, 5) is 0. The van der Waals surface area contributed by atoms with Gasteiger partial charge in [-0.2, -0.15) is 0 Å². The molecule has 2 heteroatoms. The van der Waals surface area contributed by atoms with Crippen LogP contribution in [0.25, 0.3) is 0 Å². The molecule has 1 aliphatic carbocycles. The molecule has 0 bridgehead atoms. The molecule has 1 aromatic rings. The summed E-state index contributed by atoms with van der Waals surface area (Å²) in [5.74, 6) is 0.860. The molecule has 3 atom stereocenters. The minimum atomic E-state index is -0.876. The fourth-order valence-electron chi connectivity index (χ4n) is 3.69. The van der Waals surface area contributed by atoms with Gasteiger partial charge in [-0.1, -0.05) is 33.3 Å². The first-order chi connectivity index (χ1) is 8.83. The van der Waals surface area contributed by atoms with E-state index in [0.717, 1.165) is 30.4 Å². The van der Waals surface area contributed by atoms with Crippen LogP contribution < -0.4 is 0 Å². The third-order valence-electron chi connectivity index (χ3n) is 4.59. The van der Waals surface area contributed by atoms with Gasteiger partial charge in [-0.15, -0.1) is 0 Å². The first-order valence-electron chi connectivity index (χ1n) is 7.33. The van der Waals surface area contributed by atoms with Crippen LogP contribution in [-0.4, -0.2) is 5.11 Å². The average Bonchev–Trinajstić information content (AvgIpc) is 2.26. The molecule has 1 aromatic carbocycles. The quantitative estimate of drug-likeness (QED) is 0.838. The molecule has 1 N–H and O–H groups in total. The van der Waals surface area contributed by atoms with Crippen LogP contribution in [-0.2, 0) is 5.60 Å². The van der Waals surface area contributed by atoms with Crippen molar-refractivity contribution < 1.29 is 9.50 Å². The van der Waals surface area contributed by atoms with Crippen molar-refractivity contribution in [2.75, 3.05) is 0 Å². The molecule has 0 spiro atoms. The molecule has 2 rings (SSSR count). The third kappa shape index (κ3) is 2.84. The molecule has 0 amide bonds. The Kier molecular flexibility index (Phi) is 4.00. The Balaban J connectivity index is 2.45. The lowest BCUT2D eigenvalue weighted by Crippen LogP contribution is -2.43. The minimum absolute atomic E-state index is 0.213. The van der Waals surface area contributed by atoms with Crippen molar-refractivity contribution in [2.24, 2.45) is 17.8 Å². The van der Waals surface area contributed by atoms with Gasteiger partial charge in [-0.05, 0) is 60.8 Å². The van der Waals surface area contributed by atoms with E-state index >= 15 is 0 Å². The van der Waals surface area contributed by atoms with Gasteiger partial charge < -0.3 is 5.11 Å². The summed E-state index contributed by atoms with van der Waals surface area (Å²) in [6, 6.07) is 4.97. The van der Waals surface area contributed by atoms with Crippen LogP contribution in [0.5, 0.6) is 0 Å². The number of hydrogen-bond donors (Lipinski definition) is 1. The van der Waals surface area contributed by atoms with Gasteiger partial charge in [0.15, 0.2) is 0 Å². The van der Waals surface area contributed by atoms with Gasteiger partial charge in [0.25, 0.3) is 0 Å². The van der Waals surface area contributed by atoms with Crippen LogP contribution in [0.1, 0.15) is 51.2 Å². The van der Waals surface area contributed by atoms with E-state index in [1.165, 1.54) is 12.1 Å². The fraction of sp³-hybridized carbons (Fsp3) is 0.647. The predicted octanol–water partition coefficient (Wildman–Crippen LogP) is 4.41. The highest BCUT2D eigenvalue weighted by Gasteiger charge is 2.44. The Hall–Kier alpha value is -0.890. The van der Waals surface area contributed by atoms with Gasteiger partial charge in [-0.25, -0.2) is 4.39 Å². The number of aliphatic hydroxyl groups is 1. The van der Waals surface area contributed by atoms with Crippen molar-refractivity contribution in [1.82, 2.24) is 0 Å². The second-order valence-electron chi connectivity index (χ2n) is 6.68. The van der Waals surface area contributed by atoms with Crippen molar-refractivity contribution in [3.63, 3.8) is 0 Å². The lowest BCUT2D eigenvalue weighted by Gasteiger charge is -2.45. The number of halogens is 1. The van der Waals surface area contributed by atoms with Crippen LogP contribution in [0.15, 0.2) is 18.2 Å². The Labute approximate surface area is 115 Å². The molecule has 0 aliphatic heterocycles. The molecule has 1 aliphatic rings. The molecule has 0 radical (unpaired) electrons. The molecule has 0 saturated heterocycles. The maximum absolute atomic E-state index is 13.7. The Morgan fingerprint density at radius 1 is 1.26 bits per heavy atom. The smallest absolute Gasteiger partial charge is 0.123 e. The zero-order valence-electron chi connectivity index (χ0n) is 12.4. The van der Waals surface area contributed by atoms with Crippen LogP contribution in [0.3, 0.4) is 0 Å². The van der Waals surface area contributed by atoms with Gasteiger partial charge in [0.1, 0.15) is 5.82 Å². The summed E-state index contributed by atoms with van der Waals surface area (Å²) < 4.78 is 13.7. The first-order valence-corrected chi connectivity index (χ1v) is 7.33. The number of benzene rings is 1. The van der Waals surface area contributed by atoms with E-state index in [9.17, 15) is 9.50 Å². The highest BCUT2D eigenvalue weighted by molar-refractivity contribution is 5.30. The van der Waals surface area contributed by atoms with E-state index in [4.69, 9.17) is 0 Å². The van der Waals surface area contributed by atoms with E-state index in [1.807, 2.05) is 13.0 Å². The van der Waals surface area contributed by atoms with Gasteiger partial charge in [0.05, 0.1) is 5.60 Å². The van der Waals surface area contributed by atoms with Crippen molar-refractivity contribution >= 4 is 0 Å². The van der Waals surface area contributed by atoms with Crippen LogP contribution >= 0.6 is 0 Å². The van der Waals surface area contributed by atoms with Crippen LogP contribution in [0, 0.1) is 30.5 Å². The molecule has 106 valence electrons. The molecular formula is C17H25FO. The van der Waals surface area contributed by atoms with E-state index in [2.05, 4.69) is 20.8 Å². The van der Waals surface area contributed by atoms with Crippen molar-refractivity contribution in [1.29, 1.82) is 0 Å². The fourth-order valence-corrected chi connectivity index (χ4v) is 3.69. The van der Waals surface area contributed by atoms with E-state index in [-0.39, 0.29) is 11.7 Å². The van der Waals surface area contributed by atoms with E-state index < -0.39 is 5.60 Å². The normalized spacial score (nSPS) is 31.7. The molecule has 0 aromatic heterocycles. The second-order valence-corrected chi connectivity index (χ2v) is 6.68. The van der Waals surface area contributed by atoms with Crippen LogP contribution in [0.4, 0.5) is 4.39 Å². The lowest BCUT2D eigenvalue weighted by molar-refractivity contribution is -0.0867. The lowest BCUT2D eigenvalue weighted by atomic mass is 9.64. The number of aryl methyl sites for hydroxylation is 1. The molecule has 19 heavy (non-hydrogen) atoms. The highest BCUT2D eigenvalue weighted by atomic mass is 19.1. The Morgan fingerprint density at radius 3 is 2.53 bits per heavy atom. The zero-order chi connectivity index (χ0) is 14.2. The predicted molar refractivity (Wildman–Crippen MR) is 76.4 cm³/mol. The number of hydrogen-bond acceptors (Lipinski definition) is 1. The van der Waals surface area contributed by atoms with Gasteiger partial charge >= 0.3 is 0 Å². The molecule has 1 fully saturated rings. The van der Waals surface area contributed by atoms with Crippen LogP contribution in [0.2, 0.25) is 0 Å². The van der Waals surface area contributed by atoms with Crippen molar-refractivity contribution in [2.45, 2.75) is 52.6 Å². The monoisotopic (exact) mass is 264 g/mol. The van der Waals surface area contributed by atoms with Gasteiger partial charge in [0, 0.05) is 0 Å². The molecule has 1 saturated carbocycles. The summed E-state index contributed by atoms with van der Waals surface area (Å²) in [5, 5.41) is 11.2. The third-order valence-corrected chi connectivity index (χ3v) is 4.59. The zero-order valence-corrected chi connectivity index (χ0v) is 12.4. The topological polar surface area (TPSA) is 20.2 Å². The summed E-state index contributed by atoms with van der Waals surface area (Å²) in [5.41, 5.74) is 0.762. The standard InChI is InChI=1S/C17H25FO/c1-11(2)16-6-5-12(3)10-17(16,19)14-7-13(4)8-15(18)9-14/h7-9,11-12,16,19H,5-6,10H2,1-4H3. The van der Waals surface area contributed by atoms with E-state index in [1.54, 1.807) is 0 Å². The largest absolute Gasteiger partial charge is 0.385 e. The summed E-state index contributed by atoms with van der Waals surface area (Å²) >= 11 is 0. The minimum Gasteiger partial charge on any atom is -0.385 e. The second kappa shape index (κ2) is 5.24. The molecule has 3 unspecified atom stereocenters. The van der Waals surface area contributed by atoms with Gasteiger partial charge in [0.2, 0.25) is 0 Å². The maximum atomic E-state index is 13.7. The highest BCUT2D eigenvalue weighted by Crippen LogP contribution is 2.47. The first kappa shape index (κ1) is 14.5. The maximum Gasteiger partial charge on any atom is 0.123 e. The van der Waals surface area contributed by atoms with Crippen molar-refractivity contribution in [3.8, 4) is 0 Å². The summed E-state index contributed by atoms with van der Waals surface area (Å²) in [6.45, 7) is 8.36. The molecule has 1 nitrogen and oxygen atoms in total. The van der Waals surface area contributed by atoms with E-state index in [0.29, 0.717) is 11.8 Å². The summed E-state index contributed by atoms with van der Waals surface area (Å²) in [6.07, 6.45) is 2.91. The molecule has 0 heterocycles. The Morgan fingerprint density at radius 2 is 1.95 bits per heavy atom. The Bertz CT molecular complexity index is 434. The summed E-state index contributed by atoms with van der Waals surface area (Å²) in [7, 11) is 0. The number of rotatable bonds is 2. The van der Waals surface area contributed by atoms with Gasteiger partial charge in [-0.3, -0.25) is 0 Å². The SMILES string of the molecule is Cc1cc(F)cc(C2(O)CC(C)CCC2C(C)C)c1. The average molecular weight is 264 g/mol. The van der Waals surface area contributed by atoms with Crippen molar-refractivity contribution in [3.05, 3.63) is 35.1 Å².